The molecule has 2 heterocycles. The van der Waals surface area contributed by atoms with Crippen LogP contribution in [0.15, 0.2) is 33.3 Å². The van der Waals surface area contributed by atoms with Crippen molar-refractivity contribution in [2.45, 2.75) is 32.7 Å². The van der Waals surface area contributed by atoms with Crippen molar-refractivity contribution in [3.63, 3.8) is 0 Å². The molecule has 1 aromatic carbocycles. The van der Waals surface area contributed by atoms with E-state index in [1.807, 2.05) is 43.0 Å². The van der Waals surface area contributed by atoms with Crippen molar-refractivity contribution in [2.24, 2.45) is 0 Å². The lowest BCUT2D eigenvalue weighted by atomic mass is 10.1. The Morgan fingerprint density at radius 1 is 1.33 bits per heavy atom. The number of likely N-dealkylation sites (tertiary alicyclic amines) is 1. The van der Waals surface area contributed by atoms with Gasteiger partial charge < -0.3 is 9.42 Å². The van der Waals surface area contributed by atoms with Crippen molar-refractivity contribution in [3.8, 4) is 0 Å². The highest BCUT2D eigenvalue weighted by Crippen LogP contribution is 2.33. The van der Waals surface area contributed by atoms with Crippen molar-refractivity contribution >= 4 is 21.8 Å². The molecule has 0 radical (unpaired) electrons. The number of hydrogen-bond donors (Lipinski definition) is 0. The Labute approximate surface area is 132 Å². The average Bonchev–Trinajstić information content (AvgIpc) is 3.04. The molecule has 1 aromatic heterocycles. The summed E-state index contributed by atoms with van der Waals surface area (Å²) in [5.41, 5.74) is 2.63. The lowest BCUT2D eigenvalue weighted by molar-refractivity contribution is 0.0714. The fraction of sp³-hybridized carbons (Fsp3) is 0.375. The maximum atomic E-state index is 12.8. The zero-order valence-corrected chi connectivity index (χ0v) is 13.7. The van der Waals surface area contributed by atoms with E-state index in [0.717, 1.165) is 40.9 Å². The Kier molecular flexibility index (Phi) is 3.85. The molecule has 0 saturated carbocycles. The summed E-state index contributed by atoms with van der Waals surface area (Å²) in [5.74, 6) is 0.834. The molecule has 1 fully saturated rings. The molecule has 2 aromatic rings. The molecule has 0 aliphatic carbocycles. The molecule has 110 valence electrons. The number of aryl methyl sites for hydroxylation is 2. The Hall–Kier alpha value is -1.62. The lowest BCUT2D eigenvalue weighted by Crippen LogP contribution is -2.30. The quantitative estimate of drug-likeness (QED) is 0.822. The number of aromatic nitrogens is 1. The molecular formula is C16H17BrN2O2. The highest BCUT2D eigenvalue weighted by atomic mass is 79.9. The van der Waals surface area contributed by atoms with Gasteiger partial charge in [0.15, 0.2) is 5.76 Å². The van der Waals surface area contributed by atoms with Gasteiger partial charge in [-0.15, -0.1) is 0 Å². The number of hydrogen-bond acceptors (Lipinski definition) is 3. The van der Waals surface area contributed by atoms with Crippen LogP contribution < -0.4 is 0 Å². The van der Waals surface area contributed by atoms with Crippen LogP contribution in [0.5, 0.6) is 0 Å². The molecule has 3 rings (SSSR count). The van der Waals surface area contributed by atoms with Gasteiger partial charge in [-0.1, -0.05) is 21.1 Å². The van der Waals surface area contributed by atoms with Crippen LogP contribution >= 0.6 is 15.9 Å². The molecule has 5 heteroatoms. The SMILES string of the molecule is Cc1cc(Br)cc(C(=O)N2CCCC2c2cc(C)no2)c1. The number of carbonyl (C=O) groups excluding carboxylic acids is 1. The monoisotopic (exact) mass is 348 g/mol. The third-order valence-corrected chi connectivity index (χ3v) is 4.24. The Morgan fingerprint density at radius 2 is 2.14 bits per heavy atom. The van der Waals surface area contributed by atoms with Crippen molar-refractivity contribution in [1.29, 1.82) is 0 Å². The first-order valence-corrected chi connectivity index (χ1v) is 7.85. The molecule has 0 N–H and O–H groups in total. The van der Waals surface area contributed by atoms with Gasteiger partial charge in [0.05, 0.1) is 11.7 Å². The highest BCUT2D eigenvalue weighted by molar-refractivity contribution is 9.10. The molecule has 21 heavy (non-hydrogen) atoms. The summed E-state index contributed by atoms with van der Waals surface area (Å²) in [6.07, 6.45) is 1.91. The summed E-state index contributed by atoms with van der Waals surface area (Å²) in [5, 5.41) is 3.94. The second kappa shape index (κ2) is 5.64. The van der Waals surface area contributed by atoms with Gasteiger partial charge in [0.1, 0.15) is 0 Å². The predicted octanol–water partition coefficient (Wildman–Crippen LogP) is 4.03. The van der Waals surface area contributed by atoms with E-state index in [-0.39, 0.29) is 11.9 Å². The number of nitrogens with zero attached hydrogens (tertiary/aromatic N) is 2. The van der Waals surface area contributed by atoms with Gasteiger partial charge in [0.2, 0.25) is 0 Å². The lowest BCUT2D eigenvalue weighted by Gasteiger charge is -2.23. The molecule has 0 bridgehead atoms. The maximum absolute atomic E-state index is 12.8. The molecular weight excluding hydrogens is 332 g/mol. The molecule has 1 saturated heterocycles. The number of rotatable bonds is 2. The Bertz CT molecular complexity index is 660. The van der Waals surface area contributed by atoms with Crippen LogP contribution in [0, 0.1) is 13.8 Å². The standard InChI is InChI=1S/C16H17BrN2O2/c1-10-6-12(9-13(17)7-10)16(20)19-5-3-4-14(19)15-8-11(2)18-21-15/h6-9,14H,3-5H2,1-2H3. The smallest absolute Gasteiger partial charge is 0.254 e. The van der Waals surface area contributed by atoms with Crippen LogP contribution in [0.25, 0.3) is 0 Å². The van der Waals surface area contributed by atoms with Crippen LogP contribution in [0.4, 0.5) is 0 Å². The minimum absolute atomic E-state index is 0.00186. The summed E-state index contributed by atoms with van der Waals surface area (Å²) < 4.78 is 6.29. The molecule has 4 nitrogen and oxygen atoms in total. The molecule has 1 unspecified atom stereocenters. The van der Waals surface area contributed by atoms with E-state index in [1.54, 1.807) is 0 Å². The van der Waals surface area contributed by atoms with Crippen molar-refractivity contribution < 1.29 is 9.32 Å². The van der Waals surface area contributed by atoms with Gasteiger partial charge in [0.25, 0.3) is 5.91 Å². The summed E-state index contributed by atoms with van der Waals surface area (Å²) in [7, 11) is 0. The van der Waals surface area contributed by atoms with Gasteiger partial charge in [-0.2, -0.15) is 0 Å². The average molecular weight is 349 g/mol. The zero-order chi connectivity index (χ0) is 15.0. The first-order valence-electron chi connectivity index (χ1n) is 7.06. The third-order valence-electron chi connectivity index (χ3n) is 3.78. The fourth-order valence-corrected chi connectivity index (χ4v) is 3.48. The second-order valence-electron chi connectivity index (χ2n) is 5.54. The maximum Gasteiger partial charge on any atom is 0.254 e. The number of benzene rings is 1. The summed E-state index contributed by atoms with van der Waals surface area (Å²) >= 11 is 3.45. The zero-order valence-electron chi connectivity index (χ0n) is 12.1. The second-order valence-corrected chi connectivity index (χ2v) is 6.46. The summed E-state index contributed by atoms with van der Waals surface area (Å²) in [6, 6.07) is 7.71. The molecule has 0 spiro atoms. The van der Waals surface area contributed by atoms with Crippen molar-refractivity contribution in [3.05, 3.63) is 51.3 Å². The normalized spacial score (nSPS) is 18.2. The third kappa shape index (κ3) is 2.88. The highest BCUT2D eigenvalue weighted by Gasteiger charge is 2.33. The van der Waals surface area contributed by atoms with E-state index in [0.29, 0.717) is 5.56 Å². The van der Waals surface area contributed by atoms with Crippen LogP contribution in [-0.4, -0.2) is 22.5 Å². The van der Waals surface area contributed by atoms with E-state index < -0.39 is 0 Å². The van der Waals surface area contributed by atoms with Crippen LogP contribution in [0.3, 0.4) is 0 Å². The van der Waals surface area contributed by atoms with Gasteiger partial charge in [-0.3, -0.25) is 4.79 Å². The molecule has 1 amide bonds. The Morgan fingerprint density at radius 3 is 2.81 bits per heavy atom. The van der Waals surface area contributed by atoms with E-state index in [2.05, 4.69) is 21.1 Å². The Balaban J connectivity index is 1.89. The van der Waals surface area contributed by atoms with E-state index in [1.165, 1.54) is 0 Å². The van der Waals surface area contributed by atoms with Crippen LogP contribution in [0.2, 0.25) is 0 Å². The van der Waals surface area contributed by atoms with Gasteiger partial charge in [0, 0.05) is 22.6 Å². The molecule has 1 atom stereocenters. The predicted molar refractivity (Wildman–Crippen MR) is 83.1 cm³/mol. The van der Waals surface area contributed by atoms with Crippen molar-refractivity contribution in [2.75, 3.05) is 6.54 Å². The van der Waals surface area contributed by atoms with Crippen LogP contribution in [0.1, 0.15) is 46.3 Å². The minimum Gasteiger partial charge on any atom is -0.359 e. The number of halogens is 1. The first kappa shape index (κ1) is 14.3. The summed E-state index contributed by atoms with van der Waals surface area (Å²) in [6.45, 7) is 4.64. The fourth-order valence-electron chi connectivity index (χ4n) is 2.87. The number of amides is 1. The van der Waals surface area contributed by atoms with Gasteiger partial charge in [-0.05, 0) is 50.5 Å². The van der Waals surface area contributed by atoms with Crippen LogP contribution in [-0.2, 0) is 0 Å². The van der Waals surface area contributed by atoms with E-state index in [9.17, 15) is 4.79 Å². The molecule has 1 aliphatic rings. The van der Waals surface area contributed by atoms with Gasteiger partial charge in [-0.25, -0.2) is 0 Å². The number of carbonyl (C=O) groups is 1. The minimum atomic E-state index is -0.00186. The van der Waals surface area contributed by atoms with Gasteiger partial charge >= 0.3 is 0 Å². The van der Waals surface area contributed by atoms with Crippen molar-refractivity contribution in [1.82, 2.24) is 10.1 Å². The van der Waals surface area contributed by atoms with E-state index >= 15 is 0 Å². The summed E-state index contributed by atoms with van der Waals surface area (Å²) in [4.78, 5) is 14.7. The topological polar surface area (TPSA) is 46.3 Å². The van der Waals surface area contributed by atoms with E-state index in [4.69, 9.17) is 4.52 Å². The first-order chi connectivity index (χ1) is 10.0. The molecule has 1 aliphatic heterocycles. The largest absolute Gasteiger partial charge is 0.359 e.